The molecule has 0 saturated carbocycles. The van der Waals surface area contributed by atoms with Crippen LogP contribution in [0.4, 0.5) is 0 Å². The molecule has 35 valence electrons. The molecule has 7 heavy (non-hydrogen) atoms. The number of hydrogen-bond donors (Lipinski definition) is 0. The van der Waals surface area contributed by atoms with Gasteiger partial charge < -0.3 is 4.84 Å². The average Bonchev–Trinajstić information content (AvgIpc) is 2.14. The van der Waals surface area contributed by atoms with Crippen LogP contribution in [-0.2, 0) is 4.84 Å². The zero-order chi connectivity index (χ0) is 5.11. The quantitative estimate of drug-likeness (QED) is 0.428. The minimum atomic E-state index is -0.444. The molecule has 0 aromatic rings. The van der Waals surface area contributed by atoms with Crippen LogP contribution in [0.1, 0.15) is 0 Å². The zero-order valence-electron chi connectivity index (χ0n) is 3.53. The normalized spacial score (nSPS) is 26.4. The van der Waals surface area contributed by atoms with Crippen molar-refractivity contribution in [1.29, 1.82) is 5.26 Å². The predicted octanol–water partition coefficient (Wildman–Crippen LogP) is 0.0989. The van der Waals surface area contributed by atoms with Crippen LogP contribution in [0.2, 0.25) is 0 Å². The first-order chi connectivity index (χ1) is 3.43. The Labute approximate surface area is 41.2 Å². The molecule has 0 fully saturated rings. The van der Waals surface area contributed by atoms with Crippen molar-refractivity contribution in [2.45, 2.75) is 6.10 Å². The van der Waals surface area contributed by atoms with Crippen LogP contribution >= 0.6 is 0 Å². The Balaban J connectivity index is 2.39. The molecule has 0 aromatic heterocycles. The van der Waals surface area contributed by atoms with Gasteiger partial charge in [0, 0.05) is 0 Å². The maximum atomic E-state index is 8.08. The highest BCUT2D eigenvalue weighted by Crippen LogP contribution is 1.99. The van der Waals surface area contributed by atoms with E-state index in [1.165, 1.54) is 6.21 Å². The fourth-order valence-electron chi connectivity index (χ4n) is 0.316. The molecule has 0 bridgehead atoms. The summed E-state index contributed by atoms with van der Waals surface area (Å²) >= 11 is 0. The van der Waals surface area contributed by atoms with Gasteiger partial charge in [-0.2, -0.15) is 5.26 Å². The summed E-state index contributed by atoms with van der Waals surface area (Å²) in [6.45, 7) is 0. The molecule has 1 heterocycles. The van der Waals surface area contributed by atoms with E-state index in [1.807, 2.05) is 6.07 Å². The Morgan fingerprint density at radius 2 is 2.71 bits per heavy atom. The number of hydrogen-bond acceptors (Lipinski definition) is 3. The molecule has 1 aliphatic heterocycles. The van der Waals surface area contributed by atoms with Crippen molar-refractivity contribution in [2.24, 2.45) is 5.16 Å². The van der Waals surface area contributed by atoms with Crippen LogP contribution in [0.5, 0.6) is 0 Å². The number of oxime groups is 1. The second-order valence-corrected chi connectivity index (χ2v) is 1.10. The van der Waals surface area contributed by atoms with Gasteiger partial charge in [-0.15, -0.1) is 0 Å². The summed E-state index contributed by atoms with van der Waals surface area (Å²) in [5, 5.41) is 11.4. The van der Waals surface area contributed by atoms with Gasteiger partial charge >= 0.3 is 0 Å². The van der Waals surface area contributed by atoms with Gasteiger partial charge in [-0.05, 0) is 0 Å². The van der Waals surface area contributed by atoms with E-state index in [-0.39, 0.29) is 0 Å². The third-order valence-electron chi connectivity index (χ3n) is 0.623. The zero-order valence-corrected chi connectivity index (χ0v) is 3.53. The summed E-state index contributed by atoms with van der Waals surface area (Å²) in [5.74, 6) is 0. The standard InChI is InChI=1S/C4H3N2O/c5-3-4-1-2-6-7-4/h1-2,4H. The summed E-state index contributed by atoms with van der Waals surface area (Å²) in [6, 6.07) is 1.86. The van der Waals surface area contributed by atoms with Crippen molar-refractivity contribution in [1.82, 2.24) is 0 Å². The molecule has 1 rings (SSSR count). The summed E-state index contributed by atoms with van der Waals surface area (Å²) < 4.78 is 0. The van der Waals surface area contributed by atoms with E-state index in [0.717, 1.165) is 0 Å². The molecule has 0 aromatic carbocycles. The molecule has 0 saturated heterocycles. The van der Waals surface area contributed by atoms with Crippen LogP contribution in [0, 0.1) is 17.8 Å². The fourth-order valence-corrected chi connectivity index (χ4v) is 0.316. The molecule has 1 aliphatic rings. The molecule has 3 nitrogen and oxygen atoms in total. The van der Waals surface area contributed by atoms with Crippen molar-refractivity contribution >= 4 is 6.21 Å². The molecule has 0 N–H and O–H groups in total. The minimum Gasteiger partial charge on any atom is -0.377 e. The molecule has 0 amide bonds. The Kier molecular flexibility index (Phi) is 0.947. The topological polar surface area (TPSA) is 45.4 Å². The van der Waals surface area contributed by atoms with Crippen molar-refractivity contribution < 1.29 is 4.84 Å². The van der Waals surface area contributed by atoms with Crippen molar-refractivity contribution in [3.05, 3.63) is 6.42 Å². The predicted molar refractivity (Wildman–Crippen MR) is 23.3 cm³/mol. The maximum Gasteiger partial charge on any atom is 0.221 e. The smallest absolute Gasteiger partial charge is 0.221 e. The van der Waals surface area contributed by atoms with Crippen LogP contribution < -0.4 is 0 Å². The van der Waals surface area contributed by atoms with E-state index in [9.17, 15) is 0 Å². The Morgan fingerprint density at radius 3 is 3.00 bits per heavy atom. The highest BCUT2D eigenvalue weighted by Gasteiger charge is 2.10. The lowest BCUT2D eigenvalue weighted by molar-refractivity contribution is 0.140. The van der Waals surface area contributed by atoms with Crippen LogP contribution in [-0.4, -0.2) is 12.3 Å². The number of nitrogens with zero attached hydrogens (tertiary/aromatic N) is 2. The summed E-state index contributed by atoms with van der Waals surface area (Å²) in [4.78, 5) is 4.45. The van der Waals surface area contributed by atoms with Gasteiger partial charge in [-0.25, -0.2) is 0 Å². The van der Waals surface area contributed by atoms with Gasteiger partial charge in [-0.1, -0.05) is 5.16 Å². The molecule has 3 heteroatoms. The fraction of sp³-hybridized carbons (Fsp3) is 0.250. The van der Waals surface area contributed by atoms with E-state index < -0.39 is 6.10 Å². The Hall–Kier alpha value is -1.04. The van der Waals surface area contributed by atoms with Crippen LogP contribution in [0.15, 0.2) is 5.16 Å². The van der Waals surface area contributed by atoms with E-state index in [1.54, 1.807) is 6.42 Å². The molecule has 1 atom stereocenters. The molecule has 0 aliphatic carbocycles. The summed E-state index contributed by atoms with van der Waals surface area (Å²) in [7, 11) is 0. The first kappa shape index (κ1) is 4.13. The summed E-state index contributed by atoms with van der Waals surface area (Å²) in [5.41, 5.74) is 0. The van der Waals surface area contributed by atoms with Crippen molar-refractivity contribution in [3.8, 4) is 6.07 Å². The second-order valence-electron chi connectivity index (χ2n) is 1.10. The van der Waals surface area contributed by atoms with E-state index in [4.69, 9.17) is 5.26 Å². The van der Waals surface area contributed by atoms with Gasteiger partial charge in [-0.3, -0.25) is 0 Å². The lowest BCUT2D eigenvalue weighted by Crippen LogP contribution is -1.99. The van der Waals surface area contributed by atoms with Crippen molar-refractivity contribution in [2.75, 3.05) is 0 Å². The Morgan fingerprint density at radius 1 is 1.86 bits per heavy atom. The molecule has 1 unspecified atom stereocenters. The van der Waals surface area contributed by atoms with E-state index in [2.05, 4.69) is 9.99 Å². The van der Waals surface area contributed by atoms with Crippen molar-refractivity contribution in [3.63, 3.8) is 0 Å². The number of nitriles is 1. The average molecular weight is 95.1 g/mol. The van der Waals surface area contributed by atoms with Gasteiger partial charge in [0.1, 0.15) is 6.07 Å². The second kappa shape index (κ2) is 1.61. The van der Waals surface area contributed by atoms with Gasteiger partial charge in [0.2, 0.25) is 6.10 Å². The molecular weight excluding hydrogens is 92.1 g/mol. The van der Waals surface area contributed by atoms with Gasteiger partial charge in [0.15, 0.2) is 0 Å². The highest BCUT2D eigenvalue weighted by atomic mass is 16.6. The largest absolute Gasteiger partial charge is 0.377 e. The van der Waals surface area contributed by atoms with Gasteiger partial charge in [0.25, 0.3) is 0 Å². The van der Waals surface area contributed by atoms with Gasteiger partial charge in [0.05, 0.1) is 12.6 Å². The highest BCUT2D eigenvalue weighted by molar-refractivity contribution is 5.70. The summed E-state index contributed by atoms with van der Waals surface area (Å²) in [6.07, 6.45) is 2.61. The van der Waals surface area contributed by atoms with Crippen LogP contribution in [0.3, 0.4) is 0 Å². The minimum absolute atomic E-state index is 0.444. The lowest BCUT2D eigenvalue weighted by atomic mass is 10.3. The number of rotatable bonds is 0. The SMILES string of the molecule is N#CC1[CH]C=NO1. The monoisotopic (exact) mass is 95.0 g/mol. The van der Waals surface area contributed by atoms with Crippen LogP contribution in [0.25, 0.3) is 0 Å². The third kappa shape index (κ3) is 0.686. The molecular formula is C4H3N2O. The Bertz CT molecular complexity index is 116. The molecule has 0 spiro atoms. The third-order valence-corrected chi connectivity index (χ3v) is 0.623. The molecule has 1 radical (unpaired) electrons. The first-order valence-electron chi connectivity index (χ1n) is 1.86. The van der Waals surface area contributed by atoms with E-state index in [0.29, 0.717) is 0 Å². The van der Waals surface area contributed by atoms with E-state index >= 15 is 0 Å². The lowest BCUT2D eigenvalue weighted by Gasteiger charge is -1.89. The first-order valence-corrected chi connectivity index (χ1v) is 1.86. The maximum absolute atomic E-state index is 8.08.